The number of methoxy groups -OCH3 is 1. The number of carbonyl (C=O) groups is 6. The molecule has 0 saturated carbocycles. The van der Waals surface area contributed by atoms with E-state index in [1.807, 2.05) is 0 Å². The van der Waals surface area contributed by atoms with Crippen molar-refractivity contribution in [2.24, 2.45) is 39.6 Å². The number of anilines is 1. The van der Waals surface area contributed by atoms with Crippen LogP contribution in [0.5, 0.6) is 17.2 Å². The van der Waals surface area contributed by atoms with E-state index in [2.05, 4.69) is 46.6 Å². The Labute approximate surface area is 467 Å². The second-order valence-corrected chi connectivity index (χ2v) is 23.5. The normalized spacial score (nSPS) is 23.1. The number of nitrogens with zero attached hydrogens (tertiary/aromatic N) is 3. The molecule has 80 heavy (non-hydrogen) atoms. The Bertz CT molecular complexity index is 2960. The molecule has 1 spiro atoms. The van der Waals surface area contributed by atoms with E-state index >= 15 is 0 Å². The van der Waals surface area contributed by atoms with Crippen molar-refractivity contribution in [3.63, 3.8) is 0 Å². The molecule has 2 aromatic rings. The molecular weight excluding hydrogens is 1080 g/mol. The van der Waals surface area contributed by atoms with Gasteiger partial charge in [-0.15, -0.1) is 0 Å². The lowest BCUT2D eigenvalue weighted by molar-refractivity contribution is -0.216. The number of ether oxygens (including phenoxy) is 5. The zero-order chi connectivity index (χ0) is 59.1. The molecule has 0 aromatic heterocycles. The summed E-state index contributed by atoms with van der Waals surface area (Å²) in [4.78, 5) is 90.9. The number of rotatable bonds is 26. The number of aliphatic hydroxyl groups is 1. The summed E-state index contributed by atoms with van der Waals surface area (Å²) in [6, 6.07) is -0.700. The van der Waals surface area contributed by atoms with Crippen molar-refractivity contribution in [2.75, 3.05) is 45.2 Å². The smallest absolute Gasteiger partial charge is 0.316 e. The molecule has 1 unspecified atom stereocenters. The van der Waals surface area contributed by atoms with Crippen LogP contribution in [0.1, 0.15) is 104 Å². The molecule has 4 aliphatic rings. The number of urea groups is 1. The van der Waals surface area contributed by atoms with Crippen LogP contribution >= 0.6 is 16.9 Å². The number of piperidine rings is 1. The topological polar surface area (TPSA) is 319 Å². The number of nitrogens with one attached hydrogen (secondary N) is 4. The highest BCUT2D eigenvalue weighted by Gasteiger charge is 2.52. The summed E-state index contributed by atoms with van der Waals surface area (Å²) in [7, 11) is 0.386. The molecule has 4 aliphatic heterocycles. The van der Waals surface area contributed by atoms with Crippen molar-refractivity contribution in [3.05, 3.63) is 58.5 Å². The summed E-state index contributed by atoms with van der Waals surface area (Å²) in [5.41, 5.74) is -1.76. The van der Waals surface area contributed by atoms with Gasteiger partial charge in [-0.3, -0.25) is 43.1 Å². The Kier molecular flexibility index (Phi) is 20.9. The number of ketones is 2. The number of allylic oxidation sites excluding steroid dienone is 2. The van der Waals surface area contributed by atoms with Crippen LogP contribution in [0.3, 0.4) is 0 Å². The molecular formula is C55H75N7O16P2. The number of likely N-dealkylation sites (tertiary alicyclic amines) is 1. The number of benzene rings is 2. The number of aliphatic hydroxyl groups excluding tert-OH is 1. The summed E-state index contributed by atoms with van der Waals surface area (Å²) in [6.07, 6.45) is 2.59. The van der Waals surface area contributed by atoms with E-state index < -0.39 is 123 Å². The van der Waals surface area contributed by atoms with Crippen LogP contribution in [0.15, 0.2) is 46.6 Å². The predicted octanol–water partition coefficient (Wildman–Crippen LogP) is 5.40. The minimum Gasteiger partial charge on any atom is -0.507 e. The molecule has 2 fully saturated rings. The van der Waals surface area contributed by atoms with Crippen molar-refractivity contribution in [2.45, 2.75) is 142 Å². The molecule has 0 bridgehead atoms. The predicted molar refractivity (Wildman–Crippen MR) is 294 cm³/mol. The van der Waals surface area contributed by atoms with E-state index in [9.17, 15) is 53.2 Å². The largest absolute Gasteiger partial charge is 0.507 e. The fraction of sp³-hybridized carbons (Fsp3) is 0.600. The highest BCUT2D eigenvalue weighted by Crippen LogP contribution is 2.50. The third-order valence-electron chi connectivity index (χ3n) is 15.3. The minimum absolute atomic E-state index is 0.00517. The summed E-state index contributed by atoms with van der Waals surface area (Å²) >= 11 is 0. The Hall–Kier alpha value is -6.22. The van der Waals surface area contributed by atoms with E-state index in [1.54, 1.807) is 34.6 Å². The van der Waals surface area contributed by atoms with Crippen molar-refractivity contribution in [3.8, 4) is 17.2 Å². The summed E-state index contributed by atoms with van der Waals surface area (Å²) in [6.45, 7) is 22.8. The molecule has 7 N–H and O–H groups in total. The summed E-state index contributed by atoms with van der Waals surface area (Å²) in [5, 5.41) is 46.1. The third-order valence-corrected chi connectivity index (χ3v) is 16.6. The molecule has 10 atom stereocenters. The Morgan fingerprint density at radius 2 is 1.64 bits per heavy atom. The molecule has 0 aliphatic carbocycles. The van der Waals surface area contributed by atoms with Crippen LogP contribution < -0.4 is 36.7 Å². The quantitative estimate of drug-likeness (QED) is 0.0118. The number of fused-ring (bicyclic) bond motifs is 5. The van der Waals surface area contributed by atoms with E-state index in [1.165, 1.54) is 52.4 Å². The number of hydrogen-bond donors (Lipinski definition) is 7. The lowest BCUT2D eigenvalue weighted by atomic mass is 9.74. The first-order chi connectivity index (χ1) is 37.8. The molecule has 4 heterocycles. The fourth-order valence-electron chi connectivity index (χ4n) is 10.9. The van der Waals surface area contributed by atoms with Crippen molar-refractivity contribution in [1.82, 2.24) is 20.9 Å². The first-order valence-electron chi connectivity index (χ1n) is 26.7. The molecule has 2 saturated heterocycles. The molecule has 25 heteroatoms. The first-order valence-corrected chi connectivity index (χ1v) is 28.5. The number of hydrogen-bond acceptors (Lipinski definition) is 19. The van der Waals surface area contributed by atoms with Crippen molar-refractivity contribution in [1.29, 1.82) is 0 Å². The number of Topliss-reactive ketones (excluding diaryl/α,β-unsaturated/α-hetero) is 2. The van der Waals surface area contributed by atoms with Gasteiger partial charge in [-0.05, 0) is 32.3 Å². The van der Waals surface area contributed by atoms with Gasteiger partial charge >= 0.3 is 17.8 Å². The standard InChI is InChI=1S/C55H75N7O16P2/c1-13-15-27(4)51(70)58-42-41-40(60-55(61-41)18-21-62(22-19-55)25-26(2)3)37-38(45(42)68)44(67)31(8)49-39(37)50(69)54(11,78-49)75-23-17-35(74-12)28(5)46(76-33(10)63)29(6)43(66)30(7)47-32(9)48(77-47)34(64)24-57-36(65)16-14-20-56-52(71)59-53(79-72)80-73/h13,15,17,23,26,28-30,32,35,43,46-48,53,66-68H,1,14,16,18-22,24-25H2,2-12H3,(H,57,65)(H,58,70)(H2,56,59,71)/b23-17+,27-15-/t28-,29-,30+,32-,35+,43+,46-,47-,48?,54+/m1/s1. The van der Waals surface area contributed by atoms with Gasteiger partial charge in [0.25, 0.3) is 11.7 Å². The Morgan fingerprint density at radius 1 is 0.975 bits per heavy atom. The third kappa shape index (κ3) is 13.6. The van der Waals surface area contributed by atoms with E-state index in [4.69, 9.17) is 33.7 Å². The fourth-order valence-corrected chi connectivity index (χ4v) is 11.4. The van der Waals surface area contributed by atoms with Gasteiger partial charge in [-0.1, -0.05) is 60.3 Å². The van der Waals surface area contributed by atoms with Gasteiger partial charge in [0.2, 0.25) is 5.91 Å². The molecule has 6 rings (SSSR count). The average Bonchev–Trinajstić information content (AvgIpc) is 4.06. The lowest BCUT2D eigenvalue weighted by Gasteiger charge is -2.47. The Balaban J connectivity index is 1.16. The van der Waals surface area contributed by atoms with E-state index in [0.717, 1.165) is 6.54 Å². The maximum atomic E-state index is 14.9. The van der Waals surface area contributed by atoms with Gasteiger partial charge in [0.05, 0.1) is 47.4 Å². The van der Waals surface area contributed by atoms with Crippen LogP contribution in [0, 0.1) is 36.5 Å². The summed E-state index contributed by atoms with van der Waals surface area (Å²) < 4.78 is 51.9. The van der Waals surface area contributed by atoms with Gasteiger partial charge in [0.1, 0.15) is 34.8 Å². The van der Waals surface area contributed by atoms with Crippen LogP contribution in [-0.4, -0.2) is 143 Å². The van der Waals surface area contributed by atoms with Crippen molar-refractivity contribution < 1.29 is 76.9 Å². The lowest BCUT2D eigenvalue weighted by Crippen LogP contribution is -2.59. The van der Waals surface area contributed by atoms with Gasteiger partial charge in [-0.25, -0.2) is 4.79 Å². The van der Waals surface area contributed by atoms with Crippen LogP contribution in [0.4, 0.5) is 10.5 Å². The zero-order valence-electron chi connectivity index (χ0n) is 47.1. The summed E-state index contributed by atoms with van der Waals surface area (Å²) in [5.74, 6) is -7.48. The zero-order valence-corrected chi connectivity index (χ0v) is 48.9. The van der Waals surface area contributed by atoms with Crippen LogP contribution in [-0.2, 0) is 47.3 Å². The molecule has 436 valence electrons. The van der Waals surface area contributed by atoms with Crippen molar-refractivity contribution >= 4 is 68.8 Å². The number of phenolic OH excluding ortho intramolecular Hbond substituents is 2. The molecule has 0 radical (unpaired) electrons. The van der Waals surface area contributed by atoms with Gasteiger partial charge in [0.15, 0.2) is 39.6 Å². The van der Waals surface area contributed by atoms with Gasteiger partial charge in [-0.2, -0.15) is 0 Å². The first kappa shape index (κ1) is 63.0. The number of carbonyl (C=O) groups excluding carboxylic acids is 6. The number of amides is 4. The SMILES string of the molecule is C=C/C=C(/C)C(=O)Nc1c(O)c2c(O)c(C)c3c(c2c2c1=NC1(CCN(CC(C)C)CC1)N=2)C(=O)[C@@](C)(O/C=C/[C@H](OC)[C@@H](C)[C@@H](OC(C)=O)[C@H](C)[C@H](O)[C@H](C)[C@H]1OC(C(=O)CNC(=O)CCCNC(=O)NC(P=O)P=O)[C@@H]1C)O3. The van der Waals surface area contributed by atoms with Crippen LogP contribution in [0.2, 0.25) is 0 Å². The van der Waals surface area contributed by atoms with Crippen LogP contribution in [0.25, 0.3) is 10.8 Å². The number of aromatic hydroxyl groups is 2. The molecule has 4 amide bonds. The Morgan fingerprint density at radius 3 is 2.24 bits per heavy atom. The maximum Gasteiger partial charge on any atom is 0.316 e. The average molecular weight is 1150 g/mol. The highest BCUT2D eigenvalue weighted by molar-refractivity contribution is 7.44. The molecule has 2 aromatic carbocycles. The second-order valence-electron chi connectivity index (χ2n) is 21.7. The molecule has 23 nitrogen and oxygen atoms in total. The minimum atomic E-state index is -2.04. The monoisotopic (exact) mass is 1150 g/mol. The highest BCUT2D eigenvalue weighted by atomic mass is 31.1. The number of phenols is 2. The number of esters is 1. The second kappa shape index (κ2) is 26.6. The van der Waals surface area contributed by atoms with E-state index in [0.29, 0.717) is 31.8 Å². The van der Waals surface area contributed by atoms with Gasteiger partial charge in [0, 0.05) is 107 Å². The van der Waals surface area contributed by atoms with Gasteiger partial charge < -0.3 is 65.2 Å². The van der Waals surface area contributed by atoms with E-state index in [-0.39, 0.29) is 87.3 Å². The maximum absolute atomic E-state index is 14.9.